The van der Waals surface area contributed by atoms with Gasteiger partial charge in [-0.2, -0.15) is 0 Å². The second kappa shape index (κ2) is 4.52. The molecule has 4 heteroatoms. The van der Waals surface area contributed by atoms with Gasteiger partial charge in [-0.25, -0.2) is 0 Å². The van der Waals surface area contributed by atoms with Crippen LogP contribution in [-0.4, -0.2) is 11.9 Å². The summed E-state index contributed by atoms with van der Waals surface area (Å²) in [6, 6.07) is 5.54. The van der Waals surface area contributed by atoms with Gasteiger partial charge in [-0.3, -0.25) is 4.79 Å². The number of amides is 1. The molecule has 0 heterocycles. The Kier molecular flexibility index (Phi) is 3.20. The lowest BCUT2D eigenvalue weighted by Crippen LogP contribution is -2.19. The van der Waals surface area contributed by atoms with Gasteiger partial charge in [0.05, 0.1) is 11.4 Å². The zero-order chi connectivity index (χ0) is 13.3. The predicted octanol–water partition coefficient (Wildman–Crippen LogP) is 2.36. The Balaban J connectivity index is 2.14. The Bertz CT molecular complexity index is 468. The third-order valence-electron chi connectivity index (χ3n) is 3.67. The molecule has 98 valence electrons. The number of hydrogen-bond donors (Lipinski definition) is 3. The molecule has 0 saturated heterocycles. The van der Waals surface area contributed by atoms with E-state index in [-0.39, 0.29) is 0 Å². The average Bonchev–Trinajstić information content (AvgIpc) is 2.61. The molecule has 18 heavy (non-hydrogen) atoms. The fraction of sp³-hybridized carbons (Fsp3) is 0.500. The van der Waals surface area contributed by atoms with E-state index in [0.29, 0.717) is 22.7 Å². The molecule has 0 bridgehead atoms. The molecule has 2 rings (SSSR count). The number of anilines is 2. The lowest BCUT2D eigenvalue weighted by molar-refractivity contribution is 0.100. The molecule has 4 nitrogen and oxygen atoms in total. The Hall–Kier alpha value is -1.71. The van der Waals surface area contributed by atoms with Crippen LogP contribution in [0.2, 0.25) is 0 Å². The van der Waals surface area contributed by atoms with Gasteiger partial charge >= 0.3 is 0 Å². The van der Waals surface area contributed by atoms with Crippen LogP contribution in [0.3, 0.4) is 0 Å². The molecule has 1 aromatic carbocycles. The highest BCUT2D eigenvalue weighted by atomic mass is 16.1. The first-order chi connectivity index (χ1) is 8.37. The van der Waals surface area contributed by atoms with Crippen molar-refractivity contribution in [2.24, 2.45) is 11.1 Å². The second-order valence-corrected chi connectivity index (χ2v) is 5.91. The van der Waals surface area contributed by atoms with Crippen LogP contribution in [0.5, 0.6) is 0 Å². The Morgan fingerprint density at radius 1 is 1.44 bits per heavy atom. The number of hydrogen-bond acceptors (Lipinski definition) is 3. The molecule has 0 radical (unpaired) electrons. The number of primary amides is 1. The summed E-state index contributed by atoms with van der Waals surface area (Å²) in [6.07, 6.45) is 3.46. The van der Waals surface area contributed by atoms with E-state index < -0.39 is 5.91 Å². The molecule has 0 aliphatic heterocycles. The SMILES string of the molecule is CC1(C)CCC(Nc2cc(C(N)=O)ccc2N)C1. The van der Waals surface area contributed by atoms with E-state index in [0.717, 1.165) is 18.5 Å². The van der Waals surface area contributed by atoms with E-state index in [1.54, 1.807) is 18.2 Å². The van der Waals surface area contributed by atoms with E-state index in [1.165, 1.54) is 6.42 Å². The topological polar surface area (TPSA) is 81.1 Å². The van der Waals surface area contributed by atoms with Crippen molar-refractivity contribution in [1.29, 1.82) is 0 Å². The molecule has 1 unspecified atom stereocenters. The second-order valence-electron chi connectivity index (χ2n) is 5.91. The summed E-state index contributed by atoms with van der Waals surface area (Å²) < 4.78 is 0. The maximum absolute atomic E-state index is 11.2. The maximum atomic E-state index is 11.2. The number of nitrogen functional groups attached to an aromatic ring is 1. The van der Waals surface area contributed by atoms with Gasteiger partial charge in [0.15, 0.2) is 0 Å². The van der Waals surface area contributed by atoms with Crippen molar-refractivity contribution in [3.8, 4) is 0 Å². The largest absolute Gasteiger partial charge is 0.397 e. The summed E-state index contributed by atoms with van der Waals surface area (Å²) in [5.41, 5.74) is 13.5. The van der Waals surface area contributed by atoms with Crippen LogP contribution in [0, 0.1) is 5.41 Å². The van der Waals surface area contributed by atoms with Gasteiger partial charge in [-0.05, 0) is 42.9 Å². The molecular weight excluding hydrogens is 226 g/mol. The smallest absolute Gasteiger partial charge is 0.248 e. The number of carbonyl (C=O) groups is 1. The standard InChI is InChI=1S/C14H21N3O/c1-14(2)6-5-10(8-14)17-12-7-9(13(16)18)3-4-11(12)15/h3-4,7,10,17H,5-6,8,15H2,1-2H3,(H2,16,18). The van der Waals surface area contributed by atoms with E-state index in [4.69, 9.17) is 11.5 Å². The zero-order valence-corrected chi connectivity index (χ0v) is 11.0. The van der Waals surface area contributed by atoms with Crippen LogP contribution in [0.25, 0.3) is 0 Å². The summed E-state index contributed by atoms with van der Waals surface area (Å²) in [7, 11) is 0. The minimum Gasteiger partial charge on any atom is -0.397 e. The fourth-order valence-electron chi connectivity index (χ4n) is 2.61. The number of nitrogens with one attached hydrogen (secondary N) is 1. The van der Waals surface area contributed by atoms with Crippen molar-refractivity contribution in [2.75, 3.05) is 11.1 Å². The molecule has 1 amide bonds. The third kappa shape index (κ3) is 2.75. The van der Waals surface area contributed by atoms with Crippen LogP contribution < -0.4 is 16.8 Å². The molecule has 5 N–H and O–H groups in total. The van der Waals surface area contributed by atoms with Gasteiger partial charge in [-0.1, -0.05) is 13.8 Å². The van der Waals surface area contributed by atoms with Gasteiger partial charge in [0, 0.05) is 11.6 Å². The van der Waals surface area contributed by atoms with Gasteiger partial charge in [0.2, 0.25) is 5.91 Å². The van der Waals surface area contributed by atoms with Crippen molar-refractivity contribution >= 4 is 17.3 Å². The molecule has 1 aliphatic carbocycles. The molecule has 1 atom stereocenters. The first-order valence-electron chi connectivity index (χ1n) is 6.33. The van der Waals surface area contributed by atoms with Gasteiger partial charge in [-0.15, -0.1) is 0 Å². The van der Waals surface area contributed by atoms with Crippen molar-refractivity contribution < 1.29 is 4.79 Å². The van der Waals surface area contributed by atoms with Gasteiger partial charge in [0.1, 0.15) is 0 Å². The quantitative estimate of drug-likeness (QED) is 0.717. The molecule has 0 spiro atoms. The molecule has 1 fully saturated rings. The van der Waals surface area contributed by atoms with Gasteiger partial charge < -0.3 is 16.8 Å². The Labute approximate surface area is 108 Å². The number of benzene rings is 1. The highest BCUT2D eigenvalue weighted by Crippen LogP contribution is 2.38. The lowest BCUT2D eigenvalue weighted by Gasteiger charge is -2.19. The summed E-state index contributed by atoms with van der Waals surface area (Å²) in [5, 5.41) is 3.43. The third-order valence-corrected chi connectivity index (χ3v) is 3.67. The molecule has 0 aromatic heterocycles. The summed E-state index contributed by atoms with van der Waals surface area (Å²) >= 11 is 0. The van der Waals surface area contributed by atoms with Crippen LogP contribution in [0.15, 0.2) is 18.2 Å². The highest BCUT2D eigenvalue weighted by molar-refractivity contribution is 5.94. The average molecular weight is 247 g/mol. The van der Waals surface area contributed by atoms with E-state index in [2.05, 4.69) is 19.2 Å². The van der Waals surface area contributed by atoms with E-state index in [9.17, 15) is 4.79 Å². The monoisotopic (exact) mass is 247 g/mol. The first-order valence-corrected chi connectivity index (χ1v) is 6.33. The maximum Gasteiger partial charge on any atom is 0.248 e. The lowest BCUT2D eigenvalue weighted by atomic mass is 9.92. The summed E-state index contributed by atoms with van der Waals surface area (Å²) in [6.45, 7) is 4.55. The van der Waals surface area contributed by atoms with Crippen LogP contribution in [-0.2, 0) is 0 Å². The van der Waals surface area contributed by atoms with Crippen LogP contribution in [0.4, 0.5) is 11.4 Å². The normalized spacial score (nSPS) is 21.8. The van der Waals surface area contributed by atoms with Crippen molar-refractivity contribution in [3.05, 3.63) is 23.8 Å². The molecule has 1 aliphatic rings. The number of carbonyl (C=O) groups excluding carboxylic acids is 1. The molecule has 1 aromatic rings. The fourth-order valence-corrected chi connectivity index (χ4v) is 2.61. The summed E-state index contributed by atoms with van der Waals surface area (Å²) in [4.78, 5) is 11.2. The van der Waals surface area contributed by atoms with E-state index in [1.807, 2.05) is 0 Å². The number of nitrogens with two attached hydrogens (primary N) is 2. The molecular formula is C14H21N3O. The number of rotatable bonds is 3. The first kappa shape index (κ1) is 12.7. The van der Waals surface area contributed by atoms with Gasteiger partial charge in [0.25, 0.3) is 0 Å². The minimum atomic E-state index is -0.426. The van der Waals surface area contributed by atoms with Crippen LogP contribution in [0.1, 0.15) is 43.5 Å². The Morgan fingerprint density at radius 3 is 2.72 bits per heavy atom. The van der Waals surface area contributed by atoms with Crippen LogP contribution >= 0.6 is 0 Å². The van der Waals surface area contributed by atoms with Crippen molar-refractivity contribution in [1.82, 2.24) is 0 Å². The molecule has 1 saturated carbocycles. The Morgan fingerprint density at radius 2 is 2.17 bits per heavy atom. The minimum absolute atomic E-state index is 0.383. The highest BCUT2D eigenvalue weighted by Gasteiger charge is 2.30. The summed E-state index contributed by atoms with van der Waals surface area (Å²) in [5.74, 6) is -0.426. The zero-order valence-electron chi connectivity index (χ0n) is 11.0. The van der Waals surface area contributed by atoms with Crippen molar-refractivity contribution in [2.45, 2.75) is 39.2 Å². The van der Waals surface area contributed by atoms with E-state index >= 15 is 0 Å². The van der Waals surface area contributed by atoms with Crippen molar-refractivity contribution in [3.63, 3.8) is 0 Å². The predicted molar refractivity (Wildman–Crippen MR) is 74.4 cm³/mol.